The summed E-state index contributed by atoms with van der Waals surface area (Å²) in [7, 11) is 0. The molecular weight excluding hydrogens is 208 g/mol. The van der Waals surface area contributed by atoms with Gasteiger partial charge in [-0.15, -0.1) is 0 Å². The number of ether oxygens (including phenoxy) is 1. The molecule has 1 fully saturated rings. The molecule has 0 aliphatic heterocycles. The summed E-state index contributed by atoms with van der Waals surface area (Å²) in [5, 5.41) is 0. The quantitative estimate of drug-likeness (QED) is 0.400. The minimum Gasteiger partial charge on any atom is -0.381 e. The van der Waals surface area contributed by atoms with E-state index in [0.717, 1.165) is 25.6 Å². The lowest BCUT2D eigenvalue weighted by Crippen LogP contribution is -2.07. The molecule has 0 heterocycles. The SMILES string of the molecule is CCC=CCCCOCCCC1CCCCC1. The van der Waals surface area contributed by atoms with Crippen LogP contribution in [-0.4, -0.2) is 13.2 Å². The normalized spacial score (nSPS) is 17.9. The van der Waals surface area contributed by atoms with Crippen LogP contribution in [0.2, 0.25) is 0 Å². The maximum Gasteiger partial charge on any atom is 0.0468 e. The van der Waals surface area contributed by atoms with Crippen LogP contribution in [0, 0.1) is 5.92 Å². The highest BCUT2D eigenvalue weighted by molar-refractivity contribution is 4.79. The van der Waals surface area contributed by atoms with Crippen molar-refractivity contribution < 1.29 is 4.74 Å². The zero-order valence-corrected chi connectivity index (χ0v) is 11.6. The average molecular weight is 238 g/mol. The monoisotopic (exact) mass is 238 g/mol. The van der Waals surface area contributed by atoms with Crippen LogP contribution in [0.4, 0.5) is 0 Å². The first-order valence-electron chi connectivity index (χ1n) is 7.66. The summed E-state index contributed by atoms with van der Waals surface area (Å²) in [4.78, 5) is 0. The summed E-state index contributed by atoms with van der Waals surface area (Å²) in [6, 6.07) is 0. The molecule has 1 nitrogen and oxygen atoms in total. The van der Waals surface area contributed by atoms with Crippen molar-refractivity contribution in [3.63, 3.8) is 0 Å². The van der Waals surface area contributed by atoms with Crippen LogP contribution in [-0.2, 0) is 4.74 Å². The highest BCUT2D eigenvalue weighted by Gasteiger charge is 2.12. The first-order chi connectivity index (χ1) is 8.43. The van der Waals surface area contributed by atoms with Gasteiger partial charge in [-0.1, -0.05) is 51.2 Å². The smallest absolute Gasteiger partial charge is 0.0468 e. The van der Waals surface area contributed by atoms with Crippen molar-refractivity contribution in [3.05, 3.63) is 12.2 Å². The standard InChI is InChI=1S/C16H30O/c1-2-3-4-5-9-14-17-15-10-13-16-11-7-6-8-12-16/h3-4,16H,2,5-15H2,1H3. The van der Waals surface area contributed by atoms with Crippen molar-refractivity contribution in [1.29, 1.82) is 0 Å². The third-order valence-electron chi connectivity index (χ3n) is 3.69. The third-order valence-corrected chi connectivity index (χ3v) is 3.69. The van der Waals surface area contributed by atoms with Crippen molar-refractivity contribution >= 4 is 0 Å². The lowest BCUT2D eigenvalue weighted by molar-refractivity contribution is 0.123. The van der Waals surface area contributed by atoms with Crippen LogP contribution in [0.25, 0.3) is 0 Å². The van der Waals surface area contributed by atoms with E-state index in [-0.39, 0.29) is 0 Å². The fourth-order valence-corrected chi connectivity index (χ4v) is 2.64. The Hall–Kier alpha value is -0.300. The number of rotatable bonds is 9. The molecule has 17 heavy (non-hydrogen) atoms. The number of hydrogen-bond donors (Lipinski definition) is 0. The second-order valence-electron chi connectivity index (χ2n) is 5.28. The Bertz CT molecular complexity index is 180. The third kappa shape index (κ3) is 8.43. The minimum atomic E-state index is 0.943. The molecule has 0 radical (unpaired) electrons. The second-order valence-corrected chi connectivity index (χ2v) is 5.28. The molecule has 0 aromatic heterocycles. The predicted octanol–water partition coefficient (Wildman–Crippen LogP) is 5.11. The van der Waals surface area contributed by atoms with E-state index >= 15 is 0 Å². The largest absolute Gasteiger partial charge is 0.381 e. The molecule has 1 saturated carbocycles. The first kappa shape index (κ1) is 14.8. The van der Waals surface area contributed by atoms with E-state index in [0.29, 0.717) is 0 Å². The molecule has 0 aromatic carbocycles. The minimum absolute atomic E-state index is 0.943. The molecule has 0 saturated heterocycles. The predicted molar refractivity (Wildman–Crippen MR) is 75.3 cm³/mol. The topological polar surface area (TPSA) is 9.23 Å². The van der Waals surface area contributed by atoms with Gasteiger partial charge in [0.15, 0.2) is 0 Å². The maximum absolute atomic E-state index is 5.67. The van der Waals surface area contributed by atoms with Gasteiger partial charge in [0.2, 0.25) is 0 Å². The highest BCUT2D eigenvalue weighted by Crippen LogP contribution is 2.27. The van der Waals surface area contributed by atoms with Crippen molar-refractivity contribution in [1.82, 2.24) is 0 Å². The van der Waals surface area contributed by atoms with E-state index in [1.807, 2.05) is 0 Å². The van der Waals surface area contributed by atoms with E-state index in [9.17, 15) is 0 Å². The maximum atomic E-state index is 5.67. The molecule has 0 atom stereocenters. The Labute approximate surface area is 108 Å². The van der Waals surface area contributed by atoms with E-state index in [2.05, 4.69) is 19.1 Å². The van der Waals surface area contributed by atoms with E-state index in [1.54, 1.807) is 0 Å². The molecular formula is C16H30O. The van der Waals surface area contributed by atoms with Crippen molar-refractivity contribution in [2.24, 2.45) is 5.92 Å². The molecule has 0 aromatic rings. The van der Waals surface area contributed by atoms with Gasteiger partial charge in [-0.3, -0.25) is 0 Å². The summed E-state index contributed by atoms with van der Waals surface area (Å²) in [6.07, 6.45) is 18.0. The van der Waals surface area contributed by atoms with Gasteiger partial charge in [-0.05, 0) is 38.0 Å². The summed E-state index contributed by atoms with van der Waals surface area (Å²) >= 11 is 0. The van der Waals surface area contributed by atoms with Crippen LogP contribution in [0.3, 0.4) is 0 Å². The van der Waals surface area contributed by atoms with Gasteiger partial charge in [-0.25, -0.2) is 0 Å². The van der Waals surface area contributed by atoms with Crippen molar-refractivity contribution in [3.8, 4) is 0 Å². The van der Waals surface area contributed by atoms with Gasteiger partial charge in [0.25, 0.3) is 0 Å². The lowest BCUT2D eigenvalue weighted by Gasteiger charge is -2.21. The molecule has 1 aliphatic carbocycles. The Morgan fingerprint density at radius 1 is 1.00 bits per heavy atom. The molecule has 0 amide bonds. The van der Waals surface area contributed by atoms with E-state index in [1.165, 1.54) is 57.8 Å². The van der Waals surface area contributed by atoms with Gasteiger partial charge in [0.1, 0.15) is 0 Å². The van der Waals surface area contributed by atoms with E-state index < -0.39 is 0 Å². The van der Waals surface area contributed by atoms with Gasteiger partial charge in [0, 0.05) is 13.2 Å². The number of hydrogen-bond acceptors (Lipinski definition) is 1. The fourth-order valence-electron chi connectivity index (χ4n) is 2.64. The summed E-state index contributed by atoms with van der Waals surface area (Å²) in [5.41, 5.74) is 0. The number of unbranched alkanes of at least 4 members (excludes halogenated alkanes) is 1. The Morgan fingerprint density at radius 3 is 2.53 bits per heavy atom. The molecule has 0 N–H and O–H groups in total. The molecule has 1 rings (SSSR count). The van der Waals surface area contributed by atoms with Crippen LogP contribution in [0.5, 0.6) is 0 Å². The second kappa shape index (κ2) is 10.8. The highest BCUT2D eigenvalue weighted by atomic mass is 16.5. The van der Waals surface area contributed by atoms with Crippen LogP contribution < -0.4 is 0 Å². The van der Waals surface area contributed by atoms with Gasteiger partial charge in [0.05, 0.1) is 0 Å². The first-order valence-corrected chi connectivity index (χ1v) is 7.66. The van der Waals surface area contributed by atoms with Gasteiger partial charge < -0.3 is 4.74 Å². The zero-order valence-electron chi connectivity index (χ0n) is 11.6. The fraction of sp³-hybridized carbons (Fsp3) is 0.875. The van der Waals surface area contributed by atoms with E-state index in [4.69, 9.17) is 4.74 Å². The molecule has 0 bridgehead atoms. The molecule has 0 spiro atoms. The number of allylic oxidation sites excluding steroid dienone is 2. The molecule has 100 valence electrons. The average Bonchev–Trinajstić information content (AvgIpc) is 2.38. The molecule has 1 heteroatoms. The zero-order chi connectivity index (χ0) is 12.2. The Balaban J connectivity index is 1.79. The van der Waals surface area contributed by atoms with Crippen LogP contribution >= 0.6 is 0 Å². The molecule has 0 unspecified atom stereocenters. The summed E-state index contributed by atoms with van der Waals surface area (Å²) < 4.78 is 5.67. The van der Waals surface area contributed by atoms with Gasteiger partial charge >= 0.3 is 0 Å². The Kier molecular flexibility index (Phi) is 9.40. The van der Waals surface area contributed by atoms with Crippen molar-refractivity contribution in [2.45, 2.75) is 71.1 Å². The summed E-state index contributed by atoms with van der Waals surface area (Å²) in [6.45, 7) is 4.10. The Morgan fingerprint density at radius 2 is 1.76 bits per heavy atom. The summed E-state index contributed by atoms with van der Waals surface area (Å²) in [5.74, 6) is 1.01. The van der Waals surface area contributed by atoms with Crippen LogP contribution in [0.1, 0.15) is 71.1 Å². The van der Waals surface area contributed by atoms with Gasteiger partial charge in [-0.2, -0.15) is 0 Å². The lowest BCUT2D eigenvalue weighted by atomic mass is 9.86. The van der Waals surface area contributed by atoms with Crippen molar-refractivity contribution in [2.75, 3.05) is 13.2 Å². The molecule has 1 aliphatic rings. The van der Waals surface area contributed by atoms with Crippen LogP contribution in [0.15, 0.2) is 12.2 Å².